The summed E-state index contributed by atoms with van der Waals surface area (Å²) in [6.07, 6.45) is 2.89. The van der Waals surface area contributed by atoms with Gasteiger partial charge in [-0.3, -0.25) is 4.79 Å². The lowest BCUT2D eigenvalue weighted by Gasteiger charge is -2.16. The number of carbonyl (C=O) groups excluding carboxylic acids is 1. The fraction of sp³-hybridized carbons (Fsp3) is 0.316. The molecule has 2 rings (SSSR count). The molecular formula is C19H21BrO2. The van der Waals surface area contributed by atoms with Crippen molar-refractivity contribution in [3.05, 3.63) is 71.8 Å². The van der Waals surface area contributed by atoms with Gasteiger partial charge in [0.25, 0.3) is 0 Å². The number of rotatable bonds is 8. The van der Waals surface area contributed by atoms with Crippen LogP contribution in [0.25, 0.3) is 0 Å². The Morgan fingerprint density at radius 1 is 0.955 bits per heavy atom. The summed E-state index contributed by atoms with van der Waals surface area (Å²) in [7, 11) is 0. The highest BCUT2D eigenvalue weighted by Crippen LogP contribution is 2.24. The zero-order chi connectivity index (χ0) is 15.6. The molecule has 0 N–H and O–H groups in total. The van der Waals surface area contributed by atoms with E-state index in [9.17, 15) is 4.79 Å². The van der Waals surface area contributed by atoms with Crippen LogP contribution in [-0.2, 0) is 16.1 Å². The van der Waals surface area contributed by atoms with Crippen LogP contribution >= 0.6 is 15.9 Å². The summed E-state index contributed by atoms with van der Waals surface area (Å²) < 4.78 is 5.52. The molecule has 2 aromatic carbocycles. The zero-order valence-corrected chi connectivity index (χ0v) is 14.2. The van der Waals surface area contributed by atoms with Gasteiger partial charge in [0.05, 0.1) is 5.92 Å². The van der Waals surface area contributed by atoms with Crippen LogP contribution in [0.3, 0.4) is 0 Å². The lowest BCUT2D eigenvalue weighted by molar-refractivity contribution is -0.147. The maximum atomic E-state index is 12.5. The third-order valence-electron chi connectivity index (χ3n) is 3.59. The average Bonchev–Trinajstić information content (AvgIpc) is 2.58. The second-order valence-electron chi connectivity index (χ2n) is 5.24. The van der Waals surface area contributed by atoms with Crippen molar-refractivity contribution < 1.29 is 9.53 Å². The van der Waals surface area contributed by atoms with Crippen molar-refractivity contribution >= 4 is 21.9 Å². The number of halogens is 1. The van der Waals surface area contributed by atoms with Crippen molar-refractivity contribution in [2.24, 2.45) is 0 Å². The number of hydrogen-bond acceptors (Lipinski definition) is 2. The Morgan fingerprint density at radius 3 is 2.23 bits per heavy atom. The van der Waals surface area contributed by atoms with E-state index in [1.165, 1.54) is 0 Å². The Morgan fingerprint density at radius 2 is 1.59 bits per heavy atom. The Bertz CT molecular complexity index is 554. The van der Waals surface area contributed by atoms with Gasteiger partial charge >= 0.3 is 5.97 Å². The number of alkyl halides is 1. The Labute approximate surface area is 140 Å². The highest BCUT2D eigenvalue weighted by molar-refractivity contribution is 9.09. The minimum atomic E-state index is -0.177. The van der Waals surface area contributed by atoms with Gasteiger partial charge in [-0.05, 0) is 24.0 Å². The predicted octanol–water partition coefficient (Wildman–Crippen LogP) is 5.08. The molecule has 2 nitrogen and oxygen atoms in total. The normalized spacial score (nSPS) is 11.9. The summed E-state index contributed by atoms with van der Waals surface area (Å²) in [5.41, 5.74) is 2.05. The minimum absolute atomic E-state index is 0.135. The van der Waals surface area contributed by atoms with E-state index in [4.69, 9.17) is 4.74 Å². The molecule has 0 aliphatic heterocycles. The molecule has 22 heavy (non-hydrogen) atoms. The largest absolute Gasteiger partial charge is 0.460 e. The standard InChI is InChI=1S/C19H21BrO2/c20-14-8-7-13-18(17-11-5-2-6-12-17)19(21)22-15-16-9-3-1-4-10-16/h1-6,9-12,18H,7-8,13-15H2. The van der Waals surface area contributed by atoms with Gasteiger partial charge in [-0.15, -0.1) is 0 Å². The van der Waals surface area contributed by atoms with E-state index in [0.29, 0.717) is 6.61 Å². The van der Waals surface area contributed by atoms with Crippen molar-refractivity contribution in [2.75, 3.05) is 5.33 Å². The number of benzene rings is 2. The lowest BCUT2D eigenvalue weighted by atomic mass is 9.94. The molecule has 0 saturated carbocycles. The fourth-order valence-electron chi connectivity index (χ4n) is 2.38. The molecule has 0 amide bonds. The molecule has 0 bridgehead atoms. The van der Waals surface area contributed by atoms with Crippen molar-refractivity contribution in [3.63, 3.8) is 0 Å². The first-order valence-corrected chi connectivity index (χ1v) is 8.75. The van der Waals surface area contributed by atoms with Crippen LogP contribution in [0, 0.1) is 0 Å². The Hall–Kier alpha value is -1.61. The minimum Gasteiger partial charge on any atom is -0.460 e. The summed E-state index contributed by atoms with van der Waals surface area (Å²) >= 11 is 3.44. The van der Waals surface area contributed by atoms with Gasteiger partial charge < -0.3 is 4.74 Å². The SMILES string of the molecule is O=C(OCc1ccccc1)C(CCCCBr)c1ccccc1. The van der Waals surface area contributed by atoms with E-state index >= 15 is 0 Å². The maximum absolute atomic E-state index is 12.5. The van der Waals surface area contributed by atoms with Crippen molar-refractivity contribution in [2.45, 2.75) is 31.8 Å². The van der Waals surface area contributed by atoms with Crippen molar-refractivity contribution in [1.29, 1.82) is 0 Å². The monoisotopic (exact) mass is 360 g/mol. The molecule has 2 aromatic rings. The topological polar surface area (TPSA) is 26.3 Å². The molecule has 0 fully saturated rings. The van der Waals surface area contributed by atoms with E-state index in [2.05, 4.69) is 15.9 Å². The second-order valence-corrected chi connectivity index (χ2v) is 6.03. The quantitative estimate of drug-likeness (QED) is 0.372. The van der Waals surface area contributed by atoms with Crippen molar-refractivity contribution in [1.82, 2.24) is 0 Å². The fourth-order valence-corrected chi connectivity index (χ4v) is 2.77. The van der Waals surface area contributed by atoms with E-state index in [1.54, 1.807) is 0 Å². The summed E-state index contributed by atoms with van der Waals surface area (Å²) in [5, 5.41) is 0.966. The molecule has 116 valence electrons. The van der Waals surface area contributed by atoms with Gasteiger partial charge in [-0.25, -0.2) is 0 Å². The van der Waals surface area contributed by atoms with Crippen LogP contribution in [-0.4, -0.2) is 11.3 Å². The molecule has 0 aliphatic carbocycles. The first-order valence-electron chi connectivity index (χ1n) is 7.62. The van der Waals surface area contributed by atoms with Gasteiger partial charge in [-0.1, -0.05) is 83.0 Å². The third kappa shape index (κ3) is 5.30. The van der Waals surface area contributed by atoms with E-state index in [0.717, 1.165) is 35.7 Å². The number of hydrogen-bond donors (Lipinski definition) is 0. The lowest BCUT2D eigenvalue weighted by Crippen LogP contribution is -2.16. The zero-order valence-electron chi connectivity index (χ0n) is 12.6. The molecule has 0 aliphatic rings. The second kappa shape index (κ2) is 9.42. The number of unbranched alkanes of at least 4 members (excludes halogenated alkanes) is 1. The van der Waals surface area contributed by atoms with Gasteiger partial charge in [0, 0.05) is 5.33 Å². The van der Waals surface area contributed by atoms with Crippen LogP contribution < -0.4 is 0 Å². The molecule has 1 atom stereocenters. The molecular weight excluding hydrogens is 340 g/mol. The molecule has 0 radical (unpaired) electrons. The van der Waals surface area contributed by atoms with Gasteiger partial charge in [0.15, 0.2) is 0 Å². The molecule has 0 saturated heterocycles. The molecule has 0 heterocycles. The highest BCUT2D eigenvalue weighted by atomic mass is 79.9. The van der Waals surface area contributed by atoms with Crippen molar-refractivity contribution in [3.8, 4) is 0 Å². The predicted molar refractivity (Wildman–Crippen MR) is 93.1 cm³/mol. The van der Waals surface area contributed by atoms with Crippen LogP contribution in [0.1, 0.15) is 36.3 Å². The third-order valence-corrected chi connectivity index (χ3v) is 4.15. The highest BCUT2D eigenvalue weighted by Gasteiger charge is 2.21. The average molecular weight is 361 g/mol. The number of carbonyl (C=O) groups is 1. The maximum Gasteiger partial charge on any atom is 0.313 e. The number of esters is 1. The van der Waals surface area contributed by atoms with E-state index in [-0.39, 0.29) is 11.9 Å². The van der Waals surface area contributed by atoms with Gasteiger partial charge in [0.2, 0.25) is 0 Å². The Kier molecular flexibility index (Phi) is 7.17. The summed E-state index contributed by atoms with van der Waals surface area (Å²) in [5.74, 6) is -0.311. The van der Waals surface area contributed by atoms with E-state index in [1.807, 2.05) is 60.7 Å². The Balaban J connectivity index is 1.99. The summed E-state index contributed by atoms with van der Waals surface area (Å²) in [4.78, 5) is 12.5. The first-order chi connectivity index (χ1) is 10.8. The summed E-state index contributed by atoms with van der Waals surface area (Å²) in [6.45, 7) is 0.335. The smallest absolute Gasteiger partial charge is 0.313 e. The number of ether oxygens (including phenoxy) is 1. The molecule has 0 aromatic heterocycles. The van der Waals surface area contributed by atoms with Gasteiger partial charge in [-0.2, -0.15) is 0 Å². The van der Waals surface area contributed by atoms with Crippen LogP contribution in [0.5, 0.6) is 0 Å². The van der Waals surface area contributed by atoms with Crippen LogP contribution in [0.4, 0.5) is 0 Å². The van der Waals surface area contributed by atoms with Crippen LogP contribution in [0.15, 0.2) is 60.7 Å². The van der Waals surface area contributed by atoms with E-state index < -0.39 is 0 Å². The first kappa shape index (κ1) is 16.8. The van der Waals surface area contributed by atoms with Crippen LogP contribution in [0.2, 0.25) is 0 Å². The van der Waals surface area contributed by atoms with Gasteiger partial charge in [0.1, 0.15) is 6.61 Å². The summed E-state index contributed by atoms with van der Waals surface area (Å²) in [6, 6.07) is 19.7. The molecule has 0 spiro atoms. The molecule has 3 heteroatoms. The molecule has 1 unspecified atom stereocenters.